The molecule has 0 amide bonds. The monoisotopic (exact) mass is 218 g/mol. The molecular formula is C14H12F2. The fourth-order valence-corrected chi connectivity index (χ4v) is 1.54. The van der Waals surface area contributed by atoms with E-state index in [9.17, 15) is 8.78 Å². The lowest BCUT2D eigenvalue weighted by Gasteiger charge is -2.21. The molecule has 0 aliphatic heterocycles. The van der Waals surface area contributed by atoms with Gasteiger partial charge >= 0.3 is 0 Å². The van der Waals surface area contributed by atoms with Gasteiger partial charge in [-0.1, -0.05) is 48.6 Å². The minimum Gasteiger partial charge on any atom is -0.239 e. The summed E-state index contributed by atoms with van der Waals surface area (Å²) in [7, 11) is 0. The molecule has 0 saturated carbocycles. The van der Waals surface area contributed by atoms with E-state index in [1.165, 1.54) is 30.4 Å². The van der Waals surface area contributed by atoms with Gasteiger partial charge in [0.05, 0.1) is 0 Å². The molecular weight excluding hydrogens is 206 g/mol. The Labute approximate surface area is 93.6 Å². The van der Waals surface area contributed by atoms with Crippen LogP contribution in [0, 0.1) is 0 Å². The van der Waals surface area contributed by atoms with Crippen LogP contribution in [0.15, 0.2) is 60.7 Å². The van der Waals surface area contributed by atoms with Gasteiger partial charge in [-0.05, 0) is 23.8 Å². The van der Waals surface area contributed by atoms with Crippen molar-refractivity contribution in [3.63, 3.8) is 0 Å². The number of alkyl halides is 2. The van der Waals surface area contributed by atoms with Gasteiger partial charge in [0.25, 0.3) is 0 Å². The van der Waals surface area contributed by atoms with Gasteiger partial charge in [0.2, 0.25) is 0 Å². The second-order valence-electron chi connectivity index (χ2n) is 3.72. The molecule has 0 bridgehead atoms. The summed E-state index contributed by atoms with van der Waals surface area (Å²) in [4.78, 5) is 0. The van der Waals surface area contributed by atoms with Crippen LogP contribution in [0.2, 0.25) is 0 Å². The van der Waals surface area contributed by atoms with E-state index in [0.29, 0.717) is 0 Å². The Morgan fingerprint density at radius 1 is 1.12 bits per heavy atom. The van der Waals surface area contributed by atoms with E-state index in [4.69, 9.17) is 0 Å². The largest absolute Gasteiger partial charge is 0.239 e. The third-order valence-corrected chi connectivity index (χ3v) is 2.50. The van der Waals surface area contributed by atoms with Crippen LogP contribution in [0.3, 0.4) is 0 Å². The second-order valence-corrected chi connectivity index (χ2v) is 3.72. The van der Waals surface area contributed by atoms with Crippen LogP contribution in [-0.4, -0.2) is 11.8 Å². The number of hydrogen-bond acceptors (Lipinski definition) is 0. The number of allylic oxidation sites excluding steroid dienone is 5. The third kappa shape index (κ3) is 2.27. The topological polar surface area (TPSA) is 0 Å². The van der Waals surface area contributed by atoms with Crippen LogP contribution in [0.25, 0.3) is 6.08 Å². The first-order valence-electron chi connectivity index (χ1n) is 5.14. The van der Waals surface area contributed by atoms with Crippen LogP contribution in [0.1, 0.15) is 5.56 Å². The number of halogens is 2. The predicted octanol–water partition coefficient (Wildman–Crippen LogP) is 3.87. The third-order valence-electron chi connectivity index (χ3n) is 2.50. The molecule has 1 aromatic carbocycles. The van der Waals surface area contributed by atoms with E-state index in [0.717, 1.165) is 5.56 Å². The molecule has 2 rings (SSSR count). The molecule has 2 atom stereocenters. The van der Waals surface area contributed by atoms with E-state index in [1.54, 1.807) is 6.08 Å². The van der Waals surface area contributed by atoms with Gasteiger partial charge < -0.3 is 0 Å². The Morgan fingerprint density at radius 3 is 2.56 bits per heavy atom. The van der Waals surface area contributed by atoms with Crippen molar-refractivity contribution < 1.29 is 8.78 Å². The Balaban J connectivity index is 2.18. The van der Waals surface area contributed by atoms with Crippen molar-refractivity contribution in [2.75, 3.05) is 0 Å². The molecule has 0 nitrogen and oxygen atoms in total. The fourth-order valence-electron chi connectivity index (χ4n) is 1.54. The SMILES string of the molecule is FC1C=CC=CC1(F)/C=C/c1ccccc1. The van der Waals surface area contributed by atoms with Crippen molar-refractivity contribution in [1.29, 1.82) is 0 Å². The summed E-state index contributed by atoms with van der Waals surface area (Å²) in [6, 6.07) is 9.27. The summed E-state index contributed by atoms with van der Waals surface area (Å²) >= 11 is 0. The van der Waals surface area contributed by atoms with Gasteiger partial charge in [-0.3, -0.25) is 0 Å². The number of benzene rings is 1. The van der Waals surface area contributed by atoms with Gasteiger partial charge in [-0.15, -0.1) is 0 Å². The first kappa shape index (κ1) is 10.8. The van der Waals surface area contributed by atoms with E-state index in [1.807, 2.05) is 30.3 Å². The highest BCUT2D eigenvalue weighted by atomic mass is 19.2. The zero-order chi connectivity index (χ0) is 11.4. The normalized spacial score (nSPS) is 28.8. The quantitative estimate of drug-likeness (QED) is 0.706. The molecule has 0 fully saturated rings. The molecule has 1 aliphatic carbocycles. The first-order chi connectivity index (χ1) is 7.71. The summed E-state index contributed by atoms with van der Waals surface area (Å²) in [5, 5.41) is 0. The Kier molecular flexibility index (Phi) is 3.00. The van der Waals surface area contributed by atoms with E-state index in [-0.39, 0.29) is 0 Å². The zero-order valence-electron chi connectivity index (χ0n) is 8.68. The molecule has 1 aliphatic rings. The van der Waals surface area contributed by atoms with Crippen molar-refractivity contribution in [3.05, 3.63) is 66.3 Å². The standard InChI is InChI=1S/C14H12F2/c15-13-8-4-5-10-14(13,16)11-9-12-6-2-1-3-7-12/h1-11,13H/b11-9+. The highest BCUT2D eigenvalue weighted by molar-refractivity contribution is 5.52. The molecule has 2 heteroatoms. The number of rotatable bonds is 2. The summed E-state index contributed by atoms with van der Waals surface area (Å²) in [6.07, 6.45) is 6.72. The molecule has 0 saturated heterocycles. The first-order valence-corrected chi connectivity index (χ1v) is 5.14. The Hall–Kier alpha value is -1.70. The van der Waals surface area contributed by atoms with Crippen LogP contribution in [-0.2, 0) is 0 Å². The minimum atomic E-state index is -2.02. The van der Waals surface area contributed by atoms with Crippen molar-refractivity contribution in [2.45, 2.75) is 11.8 Å². The molecule has 16 heavy (non-hydrogen) atoms. The molecule has 0 spiro atoms. The number of hydrogen-bond donors (Lipinski definition) is 0. The fraction of sp³-hybridized carbons (Fsp3) is 0.143. The van der Waals surface area contributed by atoms with Crippen molar-refractivity contribution >= 4 is 6.08 Å². The molecule has 0 radical (unpaired) electrons. The lowest BCUT2D eigenvalue weighted by atomic mass is 9.94. The van der Waals surface area contributed by atoms with E-state index < -0.39 is 11.8 Å². The predicted molar refractivity (Wildman–Crippen MR) is 62.5 cm³/mol. The minimum absolute atomic E-state index is 0.856. The van der Waals surface area contributed by atoms with Crippen molar-refractivity contribution in [2.24, 2.45) is 0 Å². The molecule has 0 aromatic heterocycles. The summed E-state index contributed by atoms with van der Waals surface area (Å²) in [6.45, 7) is 0. The zero-order valence-corrected chi connectivity index (χ0v) is 8.68. The second kappa shape index (κ2) is 4.44. The van der Waals surface area contributed by atoms with Gasteiger partial charge in [0.15, 0.2) is 11.8 Å². The van der Waals surface area contributed by atoms with E-state index in [2.05, 4.69) is 0 Å². The Bertz CT molecular complexity index is 431. The van der Waals surface area contributed by atoms with Gasteiger partial charge in [-0.25, -0.2) is 8.78 Å². The lowest BCUT2D eigenvalue weighted by molar-refractivity contribution is 0.174. The van der Waals surface area contributed by atoms with Crippen LogP contribution >= 0.6 is 0 Å². The summed E-state index contributed by atoms with van der Waals surface area (Å²) in [5.41, 5.74) is -1.17. The molecule has 2 unspecified atom stereocenters. The molecule has 82 valence electrons. The molecule has 1 aromatic rings. The van der Waals surface area contributed by atoms with Crippen LogP contribution in [0.5, 0.6) is 0 Å². The molecule has 0 heterocycles. The maximum absolute atomic E-state index is 14.1. The average molecular weight is 218 g/mol. The van der Waals surface area contributed by atoms with Crippen LogP contribution < -0.4 is 0 Å². The summed E-state index contributed by atoms with van der Waals surface area (Å²) < 4.78 is 27.4. The van der Waals surface area contributed by atoms with Gasteiger partial charge in [0.1, 0.15) is 0 Å². The average Bonchev–Trinajstić information content (AvgIpc) is 2.32. The highest BCUT2D eigenvalue weighted by Gasteiger charge is 2.33. The van der Waals surface area contributed by atoms with Crippen LogP contribution in [0.4, 0.5) is 8.78 Å². The van der Waals surface area contributed by atoms with Crippen molar-refractivity contribution in [3.8, 4) is 0 Å². The van der Waals surface area contributed by atoms with E-state index >= 15 is 0 Å². The Morgan fingerprint density at radius 2 is 1.88 bits per heavy atom. The maximum Gasteiger partial charge on any atom is 0.182 e. The summed E-state index contributed by atoms with van der Waals surface area (Å²) in [5.74, 6) is 0. The highest BCUT2D eigenvalue weighted by Crippen LogP contribution is 2.28. The molecule has 0 N–H and O–H groups in total. The maximum atomic E-state index is 14.1. The lowest BCUT2D eigenvalue weighted by Crippen LogP contribution is -2.30. The van der Waals surface area contributed by atoms with Gasteiger partial charge in [0, 0.05) is 0 Å². The van der Waals surface area contributed by atoms with Gasteiger partial charge in [-0.2, -0.15) is 0 Å². The smallest absolute Gasteiger partial charge is 0.182 e. The van der Waals surface area contributed by atoms with Crippen molar-refractivity contribution in [1.82, 2.24) is 0 Å².